The predicted octanol–water partition coefficient (Wildman–Crippen LogP) is 5.54. The number of carbonyl (C=O) groups is 4. The molecule has 0 heterocycles. The highest BCUT2D eigenvalue weighted by Gasteiger charge is 2.47. The van der Waals surface area contributed by atoms with Crippen LogP contribution in [0.5, 0.6) is 5.75 Å². The number of benzene rings is 1. The maximum atomic E-state index is 13.5. The Balaban J connectivity index is 2.81. The van der Waals surface area contributed by atoms with Crippen LogP contribution in [0.2, 0.25) is 0 Å². The average molecular weight is 647 g/mol. The molecule has 0 bridgehead atoms. The van der Waals surface area contributed by atoms with Gasteiger partial charge in [-0.2, -0.15) is 0 Å². The predicted molar refractivity (Wildman–Crippen MR) is 180 cm³/mol. The highest BCUT2D eigenvalue weighted by atomic mass is 16.5. The summed E-state index contributed by atoms with van der Waals surface area (Å²) >= 11 is 0. The smallest absolute Gasteiger partial charge is 0.339 e. The molecule has 0 saturated carbocycles. The van der Waals surface area contributed by atoms with E-state index in [1.807, 2.05) is 12.1 Å². The Morgan fingerprint density at radius 3 is 2.04 bits per heavy atom. The molecule has 0 aromatic heterocycles. The molecule has 1 aromatic carbocycles. The molecule has 4 N–H and O–H groups in total. The van der Waals surface area contributed by atoms with Crippen molar-refractivity contribution in [3.63, 3.8) is 0 Å². The summed E-state index contributed by atoms with van der Waals surface area (Å²) in [4.78, 5) is 50.5. The van der Waals surface area contributed by atoms with E-state index in [9.17, 15) is 29.4 Å². The third kappa shape index (κ3) is 15.9. The van der Waals surface area contributed by atoms with Crippen LogP contribution in [0, 0.1) is 5.92 Å². The molecule has 0 spiro atoms. The number of aliphatic hydroxyl groups is 1. The van der Waals surface area contributed by atoms with Gasteiger partial charge in [-0.25, -0.2) is 4.79 Å². The number of carboxylic acids is 1. The fraction of sp³-hybridized carbons (Fsp3) is 0.667. The van der Waals surface area contributed by atoms with E-state index in [2.05, 4.69) is 24.5 Å². The SMILES string of the molecule is CCCCCCCC(=O)CCCCCCC=C[C@H](C(=O)N[C@@H](Cc1ccc(OCCCC)cc1)C(=O)NC)[C@@](O)(COC)C(=O)O. The highest BCUT2D eigenvalue weighted by molar-refractivity contribution is 5.93. The molecule has 2 amide bonds. The van der Waals surface area contributed by atoms with Crippen LogP contribution >= 0.6 is 0 Å². The summed E-state index contributed by atoms with van der Waals surface area (Å²) in [5, 5.41) is 26.2. The van der Waals surface area contributed by atoms with Gasteiger partial charge in [-0.1, -0.05) is 83.1 Å². The molecule has 10 nitrogen and oxygen atoms in total. The number of Topliss-reactive ketones (excluding diaryl/α,β-unsaturated/α-hetero) is 1. The van der Waals surface area contributed by atoms with Gasteiger partial charge in [0.05, 0.1) is 19.1 Å². The van der Waals surface area contributed by atoms with E-state index in [0.29, 0.717) is 37.4 Å². The van der Waals surface area contributed by atoms with Crippen LogP contribution in [-0.4, -0.2) is 72.8 Å². The van der Waals surface area contributed by atoms with Gasteiger partial charge in [0.2, 0.25) is 11.8 Å². The van der Waals surface area contributed by atoms with Gasteiger partial charge in [-0.05, 0) is 49.8 Å². The molecule has 1 aromatic rings. The summed E-state index contributed by atoms with van der Waals surface area (Å²) in [6, 6.07) is 6.20. The largest absolute Gasteiger partial charge is 0.494 e. The average Bonchev–Trinajstić information content (AvgIpc) is 3.04. The van der Waals surface area contributed by atoms with Gasteiger partial charge < -0.3 is 30.3 Å². The van der Waals surface area contributed by atoms with Crippen molar-refractivity contribution in [3.05, 3.63) is 42.0 Å². The molecular weight excluding hydrogens is 588 g/mol. The number of nitrogens with one attached hydrogen (secondary N) is 2. The van der Waals surface area contributed by atoms with Crippen molar-refractivity contribution in [2.24, 2.45) is 5.92 Å². The molecule has 0 radical (unpaired) electrons. The highest BCUT2D eigenvalue weighted by Crippen LogP contribution is 2.23. The standard InChI is InChI=1S/C36H58N2O8/c1-5-7-9-12-15-18-29(39)19-16-13-10-11-14-17-20-31(36(44,27-45-4)35(42)43)33(40)38-32(34(41)37-3)26-28-21-23-30(24-22-28)46-25-8-6-2/h17,20-24,31-32,44H,5-16,18-19,25-27H2,1-4H3,(H,37,41)(H,38,40)(H,42,43)/t31-,32+,36+/m1/s1. The van der Waals surface area contributed by atoms with Crippen LogP contribution in [0.3, 0.4) is 0 Å². The molecule has 3 atom stereocenters. The summed E-state index contributed by atoms with van der Waals surface area (Å²) < 4.78 is 10.7. The second kappa shape index (κ2) is 24.0. The van der Waals surface area contributed by atoms with Crippen molar-refractivity contribution in [1.82, 2.24) is 10.6 Å². The molecule has 260 valence electrons. The molecule has 10 heteroatoms. The summed E-state index contributed by atoms with van der Waals surface area (Å²) in [5.41, 5.74) is -1.78. The van der Waals surface area contributed by atoms with Gasteiger partial charge in [-0.15, -0.1) is 0 Å². The van der Waals surface area contributed by atoms with E-state index in [1.54, 1.807) is 18.2 Å². The van der Waals surface area contributed by atoms with E-state index in [4.69, 9.17) is 9.47 Å². The summed E-state index contributed by atoms with van der Waals surface area (Å²) in [7, 11) is 2.69. The second-order valence-corrected chi connectivity index (χ2v) is 11.9. The second-order valence-electron chi connectivity index (χ2n) is 11.9. The Bertz CT molecular complexity index is 1060. The van der Waals surface area contributed by atoms with Crippen LogP contribution in [0.4, 0.5) is 0 Å². The van der Waals surface area contributed by atoms with E-state index in [-0.39, 0.29) is 6.42 Å². The van der Waals surface area contributed by atoms with Crippen LogP contribution < -0.4 is 15.4 Å². The summed E-state index contributed by atoms with van der Waals surface area (Å²) in [6.45, 7) is 4.24. The topological polar surface area (TPSA) is 151 Å². The number of ketones is 1. The Morgan fingerprint density at radius 2 is 1.48 bits per heavy atom. The summed E-state index contributed by atoms with van der Waals surface area (Å²) in [5.74, 6) is -3.36. The number of carbonyl (C=O) groups excluding carboxylic acids is 3. The summed E-state index contributed by atoms with van der Waals surface area (Å²) in [6.07, 6.45) is 16.1. The van der Waals surface area contributed by atoms with Gasteiger partial charge in [-0.3, -0.25) is 14.4 Å². The van der Waals surface area contributed by atoms with Gasteiger partial charge in [0.25, 0.3) is 0 Å². The maximum absolute atomic E-state index is 13.5. The van der Waals surface area contributed by atoms with Gasteiger partial charge in [0.1, 0.15) is 17.6 Å². The fourth-order valence-corrected chi connectivity index (χ4v) is 5.13. The van der Waals surface area contributed by atoms with E-state index < -0.39 is 42.0 Å². The molecule has 0 saturated heterocycles. The number of allylic oxidation sites excluding steroid dienone is 1. The normalized spacial score (nSPS) is 13.9. The number of hydrogen-bond acceptors (Lipinski definition) is 7. The van der Waals surface area contributed by atoms with Crippen LogP contribution in [0.15, 0.2) is 36.4 Å². The molecule has 0 fully saturated rings. The Hall–Kier alpha value is -3.24. The van der Waals surface area contributed by atoms with Crippen molar-refractivity contribution >= 4 is 23.6 Å². The molecule has 1 rings (SSSR count). The van der Waals surface area contributed by atoms with Gasteiger partial charge in [0, 0.05) is 33.4 Å². The first kappa shape index (κ1) is 40.8. The number of unbranched alkanes of at least 4 members (excludes halogenated alkanes) is 9. The lowest BCUT2D eigenvalue weighted by molar-refractivity contribution is -0.173. The molecule has 46 heavy (non-hydrogen) atoms. The van der Waals surface area contributed by atoms with Crippen LogP contribution in [0.25, 0.3) is 0 Å². The lowest BCUT2D eigenvalue weighted by Crippen LogP contribution is -2.57. The molecule has 0 aliphatic rings. The number of amides is 2. The van der Waals surface area contributed by atoms with Crippen molar-refractivity contribution in [2.45, 2.75) is 122 Å². The van der Waals surface area contributed by atoms with Crippen molar-refractivity contribution in [1.29, 1.82) is 0 Å². The van der Waals surface area contributed by atoms with Crippen molar-refractivity contribution < 1.29 is 38.9 Å². The zero-order chi connectivity index (χ0) is 34.2. The number of ether oxygens (including phenoxy) is 2. The van der Waals surface area contributed by atoms with Crippen LogP contribution in [-0.2, 0) is 30.3 Å². The van der Waals surface area contributed by atoms with E-state index in [0.717, 1.165) is 56.9 Å². The number of aliphatic carboxylic acids is 1. The molecule has 0 unspecified atom stereocenters. The number of likely N-dealkylation sites (N-methyl/N-ethyl adjacent to an activating group) is 1. The molecule has 0 aliphatic carbocycles. The fourth-order valence-electron chi connectivity index (χ4n) is 5.13. The maximum Gasteiger partial charge on any atom is 0.339 e. The van der Waals surface area contributed by atoms with Gasteiger partial charge in [0.15, 0.2) is 5.60 Å². The lowest BCUT2D eigenvalue weighted by atomic mass is 9.86. The number of rotatable bonds is 27. The van der Waals surface area contributed by atoms with Gasteiger partial charge >= 0.3 is 5.97 Å². The van der Waals surface area contributed by atoms with Crippen molar-refractivity contribution in [2.75, 3.05) is 27.4 Å². The zero-order valence-electron chi connectivity index (χ0n) is 28.5. The number of carboxylic acid groups (broad SMARTS) is 1. The molecular formula is C36H58N2O8. The minimum atomic E-state index is -2.54. The minimum absolute atomic E-state index is 0.147. The quantitative estimate of drug-likeness (QED) is 0.0718. The Kier molecular flexibility index (Phi) is 21.3. The van der Waals surface area contributed by atoms with E-state index >= 15 is 0 Å². The first-order valence-corrected chi connectivity index (χ1v) is 17.0. The minimum Gasteiger partial charge on any atom is -0.494 e. The van der Waals surface area contributed by atoms with Crippen molar-refractivity contribution in [3.8, 4) is 5.75 Å². The monoisotopic (exact) mass is 646 g/mol. The number of hydrogen-bond donors (Lipinski definition) is 4. The Morgan fingerprint density at radius 1 is 0.870 bits per heavy atom. The number of methoxy groups -OCH3 is 1. The third-order valence-corrected chi connectivity index (χ3v) is 8.00. The first-order chi connectivity index (χ1) is 22.1. The Labute approximate surface area is 275 Å². The first-order valence-electron chi connectivity index (χ1n) is 17.0. The third-order valence-electron chi connectivity index (χ3n) is 8.00. The molecule has 0 aliphatic heterocycles. The zero-order valence-corrected chi connectivity index (χ0v) is 28.5. The lowest BCUT2D eigenvalue weighted by Gasteiger charge is -2.30. The van der Waals surface area contributed by atoms with E-state index in [1.165, 1.54) is 39.5 Å². The van der Waals surface area contributed by atoms with Crippen LogP contribution in [0.1, 0.15) is 109 Å².